The van der Waals surface area contributed by atoms with Crippen molar-refractivity contribution in [2.75, 3.05) is 13.1 Å². The van der Waals surface area contributed by atoms with Gasteiger partial charge in [-0.2, -0.15) is 5.26 Å². The second-order valence-corrected chi connectivity index (χ2v) is 10.8. The minimum absolute atomic E-state index is 0.160. The van der Waals surface area contributed by atoms with Crippen LogP contribution in [0.15, 0.2) is 77.7 Å². The number of nitrogens with one attached hydrogen (secondary N) is 3. The molecule has 0 aliphatic heterocycles. The molecule has 0 heterocycles. The summed E-state index contributed by atoms with van der Waals surface area (Å²) in [6, 6.07) is 21.7. The van der Waals surface area contributed by atoms with Crippen LogP contribution >= 0.6 is 0 Å². The zero-order valence-electron chi connectivity index (χ0n) is 20.3. The highest BCUT2D eigenvalue weighted by Gasteiger charge is 2.24. The average molecular weight is 505 g/mol. The number of sulfonamides is 1. The second kappa shape index (κ2) is 11.2. The van der Waals surface area contributed by atoms with Crippen LogP contribution in [-0.4, -0.2) is 38.9 Å². The SMILES string of the molecule is CC(C)(C)NS(=O)(=O)c1ccccc1-c1ccc(C(=O)NCCNC(=O)c2cccc(C#N)c2)cc1. The van der Waals surface area contributed by atoms with E-state index in [9.17, 15) is 18.0 Å². The zero-order valence-corrected chi connectivity index (χ0v) is 21.1. The lowest BCUT2D eigenvalue weighted by Crippen LogP contribution is -2.40. The van der Waals surface area contributed by atoms with Crippen LogP contribution in [0.5, 0.6) is 0 Å². The summed E-state index contributed by atoms with van der Waals surface area (Å²) in [5, 5.41) is 14.4. The van der Waals surface area contributed by atoms with Gasteiger partial charge in [0.05, 0.1) is 16.5 Å². The van der Waals surface area contributed by atoms with Crippen molar-refractivity contribution in [3.8, 4) is 17.2 Å². The van der Waals surface area contributed by atoms with Crippen LogP contribution in [0.4, 0.5) is 0 Å². The molecule has 0 fully saturated rings. The first kappa shape index (κ1) is 26.6. The number of hydrogen-bond donors (Lipinski definition) is 3. The topological polar surface area (TPSA) is 128 Å². The molecule has 0 aliphatic carbocycles. The van der Waals surface area contributed by atoms with Crippen LogP contribution in [-0.2, 0) is 10.0 Å². The van der Waals surface area contributed by atoms with Crippen molar-refractivity contribution in [2.45, 2.75) is 31.2 Å². The summed E-state index contributed by atoms with van der Waals surface area (Å²) in [5.41, 5.74) is 1.73. The molecule has 3 aromatic rings. The molecule has 9 heteroatoms. The molecule has 0 bridgehead atoms. The fourth-order valence-electron chi connectivity index (χ4n) is 3.48. The molecule has 8 nitrogen and oxygen atoms in total. The molecule has 0 unspecified atom stereocenters. The van der Waals surface area contributed by atoms with Crippen LogP contribution in [0.3, 0.4) is 0 Å². The maximum atomic E-state index is 12.9. The van der Waals surface area contributed by atoms with Crippen molar-refractivity contribution in [3.05, 3.63) is 89.5 Å². The Morgan fingerprint density at radius 3 is 2.06 bits per heavy atom. The van der Waals surface area contributed by atoms with Gasteiger partial charge in [-0.1, -0.05) is 36.4 Å². The van der Waals surface area contributed by atoms with Crippen molar-refractivity contribution in [1.29, 1.82) is 5.26 Å². The summed E-state index contributed by atoms with van der Waals surface area (Å²) in [7, 11) is -3.75. The third-order valence-corrected chi connectivity index (χ3v) is 6.84. The van der Waals surface area contributed by atoms with E-state index in [1.165, 1.54) is 6.07 Å². The Morgan fingerprint density at radius 1 is 0.833 bits per heavy atom. The molecule has 36 heavy (non-hydrogen) atoms. The van der Waals surface area contributed by atoms with Crippen molar-refractivity contribution in [3.63, 3.8) is 0 Å². The molecule has 3 aromatic carbocycles. The largest absolute Gasteiger partial charge is 0.350 e. The van der Waals surface area contributed by atoms with E-state index >= 15 is 0 Å². The molecule has 3 N–H and O–H groups in total. The lowest BCUT2D eigenvalue weighted by atomic mass is 10.0. The van der Waals surface area contributed by atoms with Gasteiger partial charge < -0.3 is 10.6 Å². The average Bonchev–Trinajstić information content (AvgIpc) is 2.85. The monoisotopic (exact) mass is 504 g/mol. The Kier molecular flexibility index (Phi) is 8.25. The quantitative estimate of drug-likeness (QED) is 0.405. The summed E-state index contributed by atoms with van der Waals surface area (Å²) < 4.78 is 28.5. The van der Waals surface area contributed by atoms with Gasteiger partial charge in [-0.3, -0.25) is 9.59 Å². The first-order chi connectivity index (χ1) is 17.0. The summed E-state index contributed by atoms with van der Waals surface area (Å²) in [6.45, 7) is 5.75. The van der Waals surface area contributed by atoms with Crippen LogP contribution in [0.25, 0.3) is 11.1 Å². The van der Waals surface area contributed by atoms with Gasteiger partial charge in [0.25, 0.3) is 11.8 Å². The van der Waals surface area contributed by atoms with Crippen LogP contribution in [0.1, 0.15) is 47.1 Å². The predicted octanol–water partition coefficient (Wildman–Crippen LogP) is 3.46. The summed E-state index contributed by atoms with van der Waals surface area (Å²) in [5.74, 6) is -0.655. The van der Waals surface area contributed by atoms with Crippen molar-refractivity contribution in [2.24, 2.45) is 0 Å². The molecule has 0 aromatic heterocycles. The number of nitriles is 1. The molecule has 0 radical (unpaired) electrons. The van der Waals surface area contributed by atoms with E-state index < -0.39 is 15.6 Å². The Labute approximate surface area is 211 Å². The molecule has 0 atom stereocenters. The number of amides is 2. The second-order valence-electron chi connectivity index (χ2n) is 9.13. The molecule has 186 valence electrons. The molecule has 2 amide bonds. The summed E-state index contributed by atoms with van der Waals surface area (Å²) >= 11 is 0. The lowest BCUT2D eigenvalue weighted by Gasteiger charge is -2.21. The number of nitrogens with zero attached hydrogens (tertiary/aromatic N) is 1. The number of carbonyl (C=O) groups is 2. The standard InChI is InChI=1S/C27H28N4O4S/c1-27(2,3)31-36(34,35)24-10-5-4-9-23(24)20-11-13-21(14-12-20)25(32)29-15-16-30-26(33)22-8-6-7-19(17-22)18-28/h4-14,17,31H,15-16H2,1-3H3,(H,29,32)(H,30,33). The van der Waals surface area contributed by atoms with Gasteiger partial charge in [0.1, 0.15) is 0 Å². The van der Waals surface area contributed by atoms with E-state index in [4.69, 9.17) is 5.26 Å². The van der Waals surface area contributed by atoms with Crippen molar-refractivity contribution in [1.82, 2.24) is 15.4 Å². The molecular formula is C27H28N4O4S. The molecule has 0 saturated heterocycles. The maximum Gasteiger partial charge on any atom is 0.251 e. The fourth-order valence-corrected chi connectivity index (χ4v) is 5.13. The minimum Gasteiger partial charge on any atom is -0.350 e. The van der Waals surface area contributed by atoms with Crippen LogP contribution < -0.4 is 15.4 Å². The highest BCUT2D eigenvalue weighted by atomic mass is 32.2. The Hall–Kier alpha value is -4.00. The van der Waals surface area contributed by atoms with Gasteiger partial charge in [0.2, 0.25) is 10.0 Å². The minimum atomic E-state index is -3.75. The zero-order chi connectivity index (χ0) is 26.3. The first-order valence-corrected chi connectivity index (χ1v) is 12.8. The molecular weight excluding hydrogens is 476 g/mol. The van der Waals surface area contributed by atoms with E-state index in [0.29, 0.717) is 27.8 Å². The van der Waals surface area contributed by atoms with Gasteiger partial charge in [-0.25, -0.2) is 13.1 Å². The number of hydrogen-bond acceptors (Lipinski definition) is 5. The third kappa shape index (κ3) is 7.01. The van der Waals surface area contributed by atoms with Crippen molar-refractivity contribution >= 4 is 21.8 Å². The highest BCUT2D eigenvalue weighted by molar-refractivity contribution is 7.89. The Bertz CT molecular complexity index is 1400. The molecule has 3 rings (SSSR count). The smallest absolute Gasteiger partial charge is 0.251 e. The van der Waals surface area contributed by atoms with E-state index in [1.807, 2.05) is 6.07 Å². The fraction of sp³-hybridized carbons (Fsp3) is 0.222. The molecule has 0 aliphatic rings. The predicted molar refractivity (Wildman–Crippen MR) is 138 cm³/mol. The van der Waals surface area contributed by atoms with Gasteiger partial charge in [-0.15, -0.1) is 0 Å². The van der Waals surface area contributed by atoms with Crippen LogP contribution in [0, 0.1) is 11.3 Å². The summed E-state index contributed by atoms with van der Waals surface area (Å²) in [6.07, 6.45) is 0. The molecule has 0 saturated carbocycles. The Morgan fingerprint density at radius 2 is 1.44 bits per heavy atom. The van der Waals surface area contributed by atoms with E-state index in [-0.39, 0.29) is 29.8 Å². The third-order valence-electron chi connectivity index (χ3n) is 5.03. The van der Waals surface area contributed by atoms with E-state index in [1.54, 1.807) is 87.5 Å². The lowest BCUT2D eigenvalue weighted by molar-refractivity contribution is 0.0927. The van der Waals surface area contributed by atoms with Gasteiger partial charge in [0, 0.05) is 35.3 Å². The molecule has 0 spiro atoms. The number of rotatable bonds is 8. The normalized spacial score (nSPS) is 11.4. The van der Waals surface area contributed by atoms with E-state index in [0.717, 1.165) is 0 Å². The number of benzene rings is 3. The maximum absolute atomic E-state index is 12.9. The van der Waals surface area contributed by atoms with Crippen LogP contribution in [0.2, 0.25) is 0 Å². The van der Waals surface area contributed by atoms with Crippen molar-refractivity contribution < 1.29 is 18.0 Å². The summed E-state index contributed by atoms with van der Waals surface area (Å²) in [4.78, 5) is 24.9. The number of carbonyl (C=O) groups excluding carboxylic acids is 2. The highest BCUT2D eigenvalue weighted by Crippen LogP contribution is 2.28. The Balaban J connectivity index is 1.62. The van der Waals surface area contributed by atoms with Gasteiger partial charge in [-0.05, 0) is 62.7 Å². The van der Waals surface area contributed by atoms with Gasteiger partial charge >= 0.3 is 0 Å². The first-order valence-electron chi connectivity index (χ1n) is 11.3. The van der Waals surface area contributed by atoms with Gasteiger partial charge in [0.15, 0.2) is 0 Å². The van der Waals surface area contributed by atoms with E-state index in [2.05, 4.69) is 15.4 Å².